The van der Waals surface area contributed by atoms with Crippen LogP contribution in [0.3, 0.4) is 0 Å². The van der Waals surface area contributed by atoms with E-state index in [2.05, 4.69) is 29.5 Å². The van der Waals surface area contributed by atoms with Gasteiger partial charge in [-0.2, -0.15) is 0 Å². The van der Waals surface area contributed by atoms with E-state index >= 15 is 0 Å². The van der Waals surface area contributed by atoms with E-state index in [1.54, 1.807) is 0 Å². The number of alkyl halides is 1. The topological polar surface area (TPSA) is 9.23 Å². The van der Waals surface area contributed by atoms with Crippen LogP contribution in [0.15, 0.2) is 0 Å². The molecule has 1 saturated heterocycles. The summed E-state index contributed by atoms with van der Waals surface area (Å²) in [6, 6.07) is 0. The van der Waals surface area contributed by atoms with Crippen molar-refractivity contribution in [1.82, 2.24) is 0 Å². The first-order chi connectivity index (χ1) is 6.68. The molecule has 80 valence electrons. The second-order valence-electron chi connectivity index (χ2n) is 5.74. The van der Waals surface area contributed by atoms with Crippen molar-refractivity contribution >= 4 is 22.6 Å². The lowest BCUT2D eigenvalue weighted by Crippen LogP contribution is -2.38. The molecule has 0 bridgehead atoms. The molecule has 3 rings (SSSR count). The maximum absolute atomic E-state index is 6.47. The molecule has 3 fully saturated rings. The minimum absolute atomic E-state index is 0.199. The van der Waals surface area contributed by atoms with Crippen LogP contribution in [0.4, 0.5) is 0 Å². The highest BCUT2D eigenvalue weighted by atomic mass is 127. The maximum atomic E-state index is 6.47. The first kappa shape index (κ1) is 9.88. The highest BCUT2D eigenvalue weighted by Gasteiger charge is 2.60. The first-order valence-corrected chi connectivity index (χ1v) is 7.46. The molecule has 0 aromatic heterocycles. The molecule has 0 aromatic rings. The zero-order valence-corrected chi connectivity index (χ0v) is 11.0. The number of hydrogen-bond acceptors (Lipinski definition) is 1. The van der Waals surface area contributed by atoms with Crippen LogP contribution in [0.25, 0.3) is 0 Å². The molecule has 1 spiro atoms. The quantitative estimate of drug-likeness (QED) is 0.532. The second-order valence-corrected chi connectivity index (χ2v) is 6.51. The van der Waals surface area contributed by atoms with Crippen molar-refractivity contribution in [1.29, 1.82) is 0 Å². The van der Waals surface area contributed by atoms with Gasteiger partial charge >= 0.3 is 0 Å². The summed E-state index contributed by atoms with van der Waals surface area (Å²) in [5.74, 6) is 1.99. The average Bonchev–Trinajstić information content (AvgIpc) is 2.90. The van der Waals surface area contributed by atoms with Gasteiger partial charge in [-0.3, -0.25) is 0 Å². The van der Waals surface area contributed by atoms with Gasteiger partial charge in [0, 0.05) is 4.43 Å². The molecule has 4 atom stereocenters. The van der Waals surface area contributed by atoms with E-state index in [0.717, 1.165) is 16.3 Å². The summed E-state index contributed by atoms with van der Waals surface area (Å²) in [4.78, 5) is 0. The Morgan fingerprint density at radius 3 is 2.93 bits per heavy atom. The van der Waals surface area contributed by atoms with Crippen LogP contribution in [0.5, 0.6) is 0 Å². The molecule has 2 heteroatoms. The van der Waals surface area contributed by atoms with E-state index in [9.17, 15) is 0 Å². The molecule has 0 aromatic carbocycles. The molecule has 0 radical (unpaired) electrons. The molecular formula is C12H19IO. The zero-order valence-electron chi connectivity index (χ0n) is 8.89. The number of rotatable bonds is 1. The van der Waals surface area contributed by atoms with Crippen molar-refractivity contribution in [3.63, 3.8) is 0 Å². The number of ether oxygens (including phenoxy) is 1. The number of halogens is 1. The number of fused-ring (bicyclic) bond motifs is 2. The third kappa shape index (κ3) is 1.36. The fraction of sp³-hybridized carbons (Fsp3) is 1.00. The minimum Gasteiger partial charge on any atom is -0.368 e. The Kier molecular flexibility index (Phi) is 2.18. The summed E-state index contributed by atoms with van der Waals surface area (Å²) in [6.45, 7) is 2.31. The van der Waals surface area contributed by atoms with E-state index in [0.29, 0.717) is 5.60 Å². The monoisotopic (exact) mass is 306 g/mol. The normalized spacial score (nSPS) is 56.1. The Morgan fingerprint density at radius 2 is 2.21 bits per heavy atom. The van der Waals surface area contributed by atoms with E-state index in [4.69, 9.17) is 4.74 Å². The largest absolute Gasteiger partial charge is 0.368 e. The average molecular weight is 306 g/mol. The molecule has 14 heavy (non-hydrogen) atoms. The van der Waals surface area contributed by atoms with Crippen LogP contribution in [0.2, 0.25) is 0 Å². The lowest BCUT2D eigenvalue weighted by atomic mass is 9.82. The summed E-state index contributed by atoms with van der Waals surface area (Å²) in [6.07, 6.45) is 8.35. The third-order valence-corrected chi connectivity index (χ3v) is 6.20. The summed E-state index contributed by atoms with van der Waals surface area (Å²) in [5.41, 5.74) is 0.536. The van der Waals surface area contributed by atoms with Crippen LogP contribution in [0, 0.1) is 11.8 Å². The van der Waals surface area contributed by atoms with Crippen molar-refractivity contribution in [2.45, 2.75) is 56.7 Å². The van der Waals surface area contributed by atoms with Gasteiger partial charge in [-0.05, 0) is 50.9 Å². The lowest BCUT2D eigenvalue weighted by molar-refractivity contribution is -0.109. The van der Waals surface area contributed by atoms with E-state index < -0.39 is 0 Å². The molecule has 4 unspecified atom stereocenters. The summed E-state index contributed by atoms with van der Waals surface area (Å²) in [5, 5.41) is 0. The Labute approximate surface area is 100 Å². The van der Waals surface area contributed by atoms with Gasteiger partial charge in [-0.25, -0.2) is 0 Å². The highest BCUT2D eigenvalue weighted by Crippen LogP contribution is 2.61. The molecule has 1 aliphatic heterocycles. The van der Waals surface area contributed by atoms with Gasteiger partial charge in [0.25, 0.3) is 0 Å². The molecule has 2 aliphatic carbocycles. The zero-order chi connectivity index (χ0) is 9.81. The summed E-state index contributed by atoms with van der Waals surface area (Å²) < 4.78 is 7.63. The predicted octanol–water partition coefficient (Wildman–Crippen LogP) is 3.55. The van der Waals surface area contributed by atoms with Crippen LogP contribution in [0.1, 0.15) is 45.4 Å². The van der Waals surface area contributed by atoms with E-state index in [-0.39, 0.29) is 5.60 Å². The molecule has 3 aliphatic rings. The Morgan fingerprint density at radius 1 is 1.36 bits per heavy atom. The van der Waals surface area contributed by atoms with Crippen molar-refractivity contribution in [3.8, 4) is 0 Å². The smallest absolute Gasteiger partial charge is 0.0752 e. The standard InChI is InChI=1S/C12H19IO/c1-11(8-13)5-6-12(14-11)4-2-3-9-7-10(9)12/h9-10H,2-8H2,1H3. The van der Waals surface area contributed by atoms with Crippen LogP contribution in [-0.4, -0.2) is 15.6 Å². The Bertz CT molecular complexity index is 255. The molecule has 2 saturated carbocycles. The van der Waals surface area contributed by atoms with E-state index in [1.807, 2.05) is 0 Å². The van der Waals surface area contributed by atoms with Gasteiger partial charge in [0.15, 0.2) is 0 Å². The summed E-state index contributed by atoms with van der Waals surface area (Å²) in [7, 11) is 0. The van der Waals surface area contributed by atoms with E-state index in [1.165, 1.54) is 38.5 Å². The van der Waals surface area contributed by atoms with Gasteiger partial charge < -0.3 is 4.74 Å². The second kappa shape index (κ2) is 3.09. The fourth-order valence-electron chi connectivity index (χ4n) is 3.66. The highest BCUT2D eigenvalue weighted by molar-refractivity contribution is 14.1. The van der Waals surface area contributed by atoms with Gasteiger partial charge in [-0.1, -0.05) is 29.0 Å². The van der Waals surface area contributed by atoms with Gasteiger partial charge in [-0.15, -0.1) is 0 Å². The maximum Gasteiger partial charge on any atom is 0.0752 e. The van der Waals surface area contributed by atoms with Crippen molar-refractivity contribution in [2.75, 3.05) is 4.43 Å². The molecular weight excluding hydrogens is 287 g/mol. The van der Waals surface area contributed by atoms with Crippen molar-refractivity contribution in [2.24, 2.45) is 11.8 Å². The first-order valence-electron chi connectivity index (χ1n) is 5.94. The minimum atomic E-state index is 0.199. The molecule has 1 heterocycles. The van der Waals surface area contributed by atoms with Crippen LogP contribution < -0.4 is 0 Å². The number of hydrogen-bond donors (Lipinski definition) is 0. The lowest BCUT2D eigenvalue weighted by Gasteiger charge is -2.36. The third-order valence-electron chi connectivity index (χ3n) is 4.58. The van der Waals surface area contributed by atoms with Crippen LogP contribution >= 0.6 is 22.6 Å². The van der Waals surface area contributed by atoms with Crippen LogP contribution in [-0.2, 0) is 4.74 Å². The molecule has 0 amide bonds. The Balaban J connectivity index is 1.79. The predicted molar refractivity (Wildman–Crippen MR) is 65.8 cm³/mol. The summed E-state index contributed by atoms with van der Waals surface area (Å²) >= 11 is 2.48. The van der Waals surface area contributed by atoms with Crippen molar-refractivity contribution < 1.29 is 4.74 Å². The van der Waals surface area contributed by atoms with Crippen molar-refractivity contribution in [3.05, 3.63) is 0 Å². The van der Waals surface area contributed by atoms with Gasteiger partial charge in [0.1, 0.15) is 0 Å². The molecule has 0 N–H and O–H groups in total. The van der Waals surface area contributed by atoms with Gasteiger partial charge in [0.05, 0.1) is 11.2 Å². The SMILES string of the molecule is CC1(CI)CCC2(CCCC3CC32)O1. The molecule has 1 nitrogen and oxygen atoms in total. The Hall–Kier alpha value is 0.690. The fourth-order valence-corrected chi connectivity index (χ4v) is 4.20. The van der Waals surface area contributed by atoms with Gasteiger partial charge in [0.2, 0.25) is 0 Å².